The molecule has 7 atom stereocenters. The van der Waals surface area contributed by atoms with Gasteiger partial charge in [0, 0.05) is 35.5 Å². The summed E-state index contributed by atoms with van der Waals surface area (Å²) in [5.74, 6) is 0.148. The Kier molecular flexibility index (Phi) is 1.38. The van der Waals surface area contributed by atoms with Gasteiger partial charge in [-0.15, -0.1) is 23.2 Å². The molecule has 0 aromatic heterocycles. The van der Waals surface area contributed by atoms with Gasteiger partial charge >= 0.3 is 0 Å². The van der Waals surface area contributed by atoms with Gasteiger partial charge in [-0.3, -0.25) is 4.79 Å². The molecule has 1 unspecified atom stereocenters. The van der Waals surface area contributed by atoms with Crippen LogP contribution >= 0.6 is 23.2 Å². The van der Waals surface area contributed by atoms with E-state index >= 15 is 0 Å². The second-order valence-corrected chi connectivity index (χ2v) is 6.65. The zero-order valence-corrected chi connectivity index (χ0v) is 9.32. The molecule has 3 saturated carbocycles. The molecule has 0 aromatic rings. The summed E-state index contributed by atoms with van der Waals surface area (Å²) in [5, 5.41) is 10.0. The highest BCUT2D eigenvalue weighted by Crippen LogP contribution is 2.75. The first-order valence-corrected chi connectivity index (χ1v) is 6.08. The lowest BCUT2D eigenvalue weighted by Gasteiger charge is -2.35. The summed E-state index contributed by atoms with van der Waals surface area (Å²) in [6.07, 6.45) is 3.58. The minimum atomic E-state index is -0.702. The molecule has 0 aromatic carbocycles. The summed E-state index contributed by atoms with van der Waals surface area (Å²) >= 11 is 12.4. The molecule has 4 heteroatoms. The van der Waals surface area contributed by atoms with Gasteiger partial charge in [0.1, 0.15) is 10.1 Å². The largest absolute Gasteiger partial charge is 0.392 e. The number of aliphatic hydroxyl groups excluding tert-OH is 1. The number of alkyl halides is 2. The van der Waals surface area contributed by atoms with Crippen LogP contribution in [0.4, 0.5) is 0 Å². The summed E-state index contributed by atoms with van der Waals surface area (Å²) in [7, 11) is 0. The van der Waals surface area contributed by atoms with Gasteiger partial charge in [-0.25, -0.2) is 0 Å². The molecule has 4 bridgehead atoms. The topological polar surface area (TPSA) is 37.3 Å². The minimum Gasteiger partial charge on any atom is -0.392 e. The van der Waals surface area contributed by atoms with E-state index in [1.54, 1.807) is 0 Å². The molecule has 80 valence electrons. The summed E-state index contributed by atoms with van der Waals surface area (Å²) in [6.45, 7) is 0. The summed E-state index contributed by atoms with van der Waals surface area (Å²) in [4.78, 5) is 12.1. The second kappa shape index (κ2) is 2.29. The molecular weight excluding hydrogens is 235 g/mol. The fraction of sp³-hybridized carbons (Fsp3) is 0.727. The van der Waals surface area contributed by atoms with Gasteiger partial charge in [-0.1, -0.05) is 12.2 Å². The lowest BCUT2D eigenvalue weighted by molar-refractivity contribution is -0.134. The van der Waals surface area contributed by atoms with Gasteiger partial charge < -0.3 is 5.11 Å². The number of carbonyl (C=O) groups excluding carboxylic acids is 1. The molecule has 15 heavy (non-hydrogen) atoms. The minimum absolute atomic E-state index is 0.0341. The van der Waals surface area contributed by atoms with Crippen molar-refractivity contribution in [3.63, 3.8) is 0 Å². The van der Waals surface area contributed by atoms with E-state index in [-0.39, 0.29) is 47.4 Å². The van der Waals surface area contributed by atoms with Crippen molar-refractivity contribution in [3.05, 3.63) is 12.2 Å². The van der Waals surface area contributed by atoms with Gasteiger partial charge in [-0.2, -0.15) is 0 Å². The average Bonchev–Trinajstić information content (AvgIpc) is 2.43. The maximum Gasteiger partial charge on any atom is 0.141 e. The number of hydrogen-bond acceptors (Lipinski definition) is 2. The lowest BCUT2D eigenvalue weighted by Crippen LogP contribution is -2.45. The number of aliphatic hydroxyl groups is 1. The van der Waals surface area contributed by atoms with Crippen molar-refractivity contribution in [1.82, 2.24) is 0 Å². The molecule has 0 aliphatic heterocycles. The number of ketones is 1. The highest BCUT2D eigenvalue weighted by molar-refractivity contribution is 6.52. The standard InChI is InChI=1S/C11H10Cl2O2/c12-11(13)7-5-3-1-2-4(9(3)14)6(8(7)11)10(5)15/h1-9,14H/t3-,4+,5+,6-,7+,8-,9?. The van der Waals surface area contributed by atoms with Crippen LogP contribution in [-0.2, 0) is 4.79 Å². The van der Waals surface area contributed by atoms with Gasteiger partial charge in [-0.05, 0) is 0 Å². The van der Waals surface area contributed by atoms with Crippen LogP contribution in [-0.4, -0.2) is 21.3 Å². The SMILES string of the molecule is O=C1[C@@H]2[C@H]3[C@@H]([C@H]1[C@@H]1C=C[C@H]2C1O)C3(Cl)Cl. The van der Waals surface area contributed by atoms with E-state index < -0.39 is 4.33 Å². The van der Waals surface area contributed by atoms with E-state index in [2.05, 4.69) is 0 Å². The van der Waals surface area contributed by atoms with Crippen LogP contribution in [0.3, 0.4) is 0 Å². The summed E-state index contributed by atoms with van der Waals surface area (Å²) < 4.78 is -0.702. The van der Waals surface area contributed by atoms with Crippen LogP contribution in [0, 0.1) is 35.5 Å². The van der Waals surface area contributed by atoms with E-state index in [4.69, 9.17) is 23.2 Å². The third-order valence-electron chi connectivity index (χ3n) is 4.77. The number of carbonyl (C=O) groups is 1. The van der Waals surface area contributed by atoms with E-state index in [1.807, 2.05) is 12.2 Å². The Morgan fingerprint density at radius 1 is 1.13 bits per heavy atom. The zero-order valence-electron chi connectivity index (χ0n) is 7.81. The highest BCUT2D eigenvalue weighted by Gasteiger charge is 2.80. The maximum atomic E-state index is 12.1. The van der Waals surface area contributed by atoms with Crippen LogP contribution in [0.5, 0.6) is 0 Å². The van der Waals surface area contributed by atoms with Gasteiger partial charge in [0.15, 0.2) is 0 Å². The number of fused-ring (bicyclic) bond motifs is 9. The lowest BCUT2D eigenvalue weighted by atomic mass is 9.72. The van der Waals surface area contributed by atoms with Crippen molar-refractivity contribution in [2.45, 2.75) is 10.4 Å². The molecule has 0 heterocycles. The van der Waals surface area contributed by atoms with E-state index in [9.17, 15) is 9.90 Å². The third kappa shape index (κ3) is 0.767. The molecule has 0 radical (unpaired) electrons. The normalized spacial score (nSPS) is 62.1. The van der Waals surface area contributed by atoms with Crippen molar-refractivity contribution in [3.8, 4) is 0 Å². The predicted molar refractivity (Wildman–Crippen MR) is 55.5 cm³/mol. The Labute approximate surface area is 97.2 Å². The van der Waals surface area contributed by atoms with Crippen LogP contribution in [0.15, 0.2) is 12.2 Å². The molecule has 2 nitrogen and oxygen atoms in total. The first-order valence-electron chi connectivity index (χ1n) is 5.33. The van der Waals surface area contributed by atoms with Crippen LogP contribution in [0.1, 0.15) is 0 Å². The molecule has 4 aliphatic carbocycles. The number of halogens is 2. The average molecular weight is 245 g/mol. The Balaban J connectivity index is 1.87. The van der Waals surface area contributed by atoms with Crippen LogP contribution in [0.2, 0.25) is 0 Å². The van der Waals surface area contributed by atoms with Gasteiger partial charge in [0.25, 0.3) is 0 Å². The van der Waals surface area contributed by atoms with Crippen molar-refractivity contribution in [2.24, 2.45) is 35.5 Å². The smallest absolute Gasteiger partial charge is 0.141 e. The zero-order chi connectivity index (χ0) is 10.5. The van der Waals surface area contributed by atoms with Crippen LogP contribution in [0.25, 0.3) is 0 Å². The second-order valence-electron chi connectivity index (χ2n) is 5.21. The fourth-order valence-corrected chi connectivity index (χ4v) is 5.10. The molecule has 3 fully saturated rings. The first kappa shape index (κ1) is 9.03. The number of hydrogen-bond donors (Lipinski definition) is 1. The van der Waals surface area contributed by atoms with E-state index in [0.717, 1.165) is 0 Å². The maximum absolute atomic E-state index is 12.1. The number of rotatable bonds is 0. The molecule has 0 spiro atoms. The Bertz CT molecular complexity index is 371. The molecular formula is C11H10Cl2O2. The first-order chi connectivity index (χ1) is 7.05. The Morgan fingerprint density at radius 3 is 2.07 bits per heavy atom. The Morgan fingerprint density at radius 2 is 1.60 bits per heavy atom. The van der Waals surface area contributed by atoms with Crippen molar-refractivity contribution in [1.29, 1.82) is 0 Å². The highest BCUT2D eigenvalue weighted by atomic mass is 35.5. The number of Topliss-reactive ketones (excluding diaryl/α,β-unsaturated/α-hetero) is 1. The van der Waals surface area contributed by atoms with Crippen molar-refractivity contribution >= 4 is 29.0 Å². The van der Waals surface area contributed by atoms with E-state index in [0.29, 0.717) is 0 Å². The molecule has 4 rings (SSSR count). The summed E-state index contributed by atoms with van der Waals surface area (Å²) in [5.41, 5.74) is 0. The molecule has 0 saturated heterocycles. The van der Waals surface area contributed by atoms with Crippen LogP contribution < -0.4 is 0 Å². The predicted octanol–water partition coefficient (Wildman–Crippen LogP) is 1.40. The van der Waals surface area contributed by atoms with Crippen molar-refractivity contribution in [2.75, 3.05) is 0 Å². The van der Waals surface area contributed by atoms with Gasteiger partial charge in [0.2, 0.25) is 0 Å². The molecule has 0 amide bonds. The molecule has 4 aliphatic rings. The quantitative estimate of drug-likeness (QED) is 0.517. The fourth-order valence-electron chi connectivity index (χ4n) is 4.14. The van der Waals surface area contributed by atoms with E-state index in [1.165, 1.54) is 0 Å². The summed E-state index contributed by atoms with van der Waals surface area (Å²) in [6, 6.07) is 0. The Hall–Kier alpha value is -0.0500. The van der Waals surface area contributed by atoms with Gasteiger partial charge in [0.05, 0.1) is 6.10 Å². The van der Waals surface area contributed by atoms with Crippen molar-refractivity contribution < 1.29 is 9.90 Å². The third-order valence-corrected chi connectivity index (χ3v) is 5.78. The molecule has 1 N–H and O–H groups in total. The monoisotopic (exact) mass is 244 g/mol.